The number of rotatable bonds is 9. The highest BCUT2D eigenvalue weighted by atomic mass is 19.1. The molecular weight excluding hydrogens is 354 g/mol. The molecule has 2 amide bonds. The van der Waals surface area contributed by atoms with E-state index in [0.717, 1.165) is 23.4 Å². The fourth-order valence-electron chi connectivity index (χ4n) is 2.17. The molecule has 0 spiro atoms. The summed E-state index contributed by atoms with van der Waals surface area (Å²) in [5, 5.41) is 5.33. The number of hydrogen-bond donors (Lipinski definition) is 2. The number of nitrogens with one attached hydrogen (secondary N) is 2. The van der Waals surface area contributed by atoms with Crippen LogP contribution >= 0.6 is 0 Å². The minimum Gasteiger partial charge on any atom is -0.493 e. The van der Waals surface area contributed by atoms with E-state index in [1.54, 1.807) is 0 Å². The molecule has 2 rings (SSSR count). The van der Waals surface area contributed by atoms with Gasteiger partial charge in [0.15, 0.2) is 11.6 Å². The van der Waals surface area contributed by atoms with Crippen molar-refractivity contribution in [2.24, 2.45) is 5.92 Å². The van der Waals surface area contributed by atoms with E-state index in [9.17, 15) is 13.6 Å². The molecule has 0 atom stereocenters. The number of hydrogen-bond acceptors (Lipinski definition) is 3. The van der Waals surface area contributed by atoms with Gasteiger partial charge in [0.2, 0.25) is 0 Å². The van der Waals surface area contributed by atoms with E-state index in [1.807, 2.05) is 24.3 Å². The van der Waals surface area contributed by atoms with Gasteiger partial charge in [-0.05, 0) is 35.7 Å². The van der Waals surface area contributed by atoms with Crippen LogP contribution in [-0.4, -0.2) is 25.8 Å². The monoisotopic (exact) mass is 378 g/mol. The van der Waals surface area contributed by atoms with Crippen molar-refractivity contribution in [1.82, 2.24) is 10.6 Å². The molecule has 0 saturated carbocycles. The lowest BCUT2D eigenvalue weighted by Gasteiger charge is -2.11. The number of amides is 2. The summed E-state index contributed by atoms with van der Waals surface area (Å²) >= 11 is 0. The van der Waals surface area contributed by atoms with Crippen LogP contribution in [0.4, 0.5) is 13.6 Å². The predicted molar refractivity (Wildman–Crippen MR) is 98.9 cm³/mol. The topological polar surface area (TPSA) is 59.6 Å². The van der Waals surface area contributed by atoms with E-state index >= 15 is 0 Å². The molecule has 146 valence electrons. The molecule has 0 fully saturated rings. The Hall–Kier alpha value is -2.83. The molecule has 0 aliphatic rings. The fraction of sp³-hybridized carbons (Fsp3) is 0.350. The van der Waals surface area contributed by atoms with Crippen molar-refractivity contribution in [1.29, 1.82) is 0 Å². The Balaban J connectivity index is 1.68. The molecule has 27 heavy (non-hydrogen) atoms. The van der Waals surface area contributed by atoms with Crippen LogP contribution in [0.1, 0.15) is 19.4 Å². The molecule has 0 unspecified atom stereocenters. The van der Waals surface area contributed by atoms with Crippen molar-refractivity contribution in [2.75, 3.05) is 19.8 Å². The number of carbonyl (C=O) groups is 1. The SMILES string of the molecule is CC(C)COc1cccc(CNC(=O)NCCOc2ccc(F)cc2F)c1. The predicted octanol–water partition coefficient (Wildman–Crippen LogP) is 3.88. The van der Waals surface area contributed by atoms with Crippen LogP contribution in [0.15, 0.2) is 42.5 Å². The second-order valence-corrected chi connectivity index (χ2v) is 6.38. The van der Waals surface area contributed by atoms with E-state index in [2.05, 4.69) is 24.5 Å². The highest BCUT2D eigenvalue weighted by molar-refractivity contribution is 5.73. The second-order valence-electron chi connectivity index (χ2n) is 6.38. The molecular formula is C20H24F2N2O3. The van der Waals surface area contributed by atoms with Gasteiger partial charge in [0.1, 0.15) is 18.2 Å². The van der Waals surface area contributed by atoms with E-state index < -0.39 is 11.6 Å². The van der Waals surface area contributed by atoms with Crippen LogP contribution in [0.3, 0.4) is 0 Å². The Labute approximate surface area is 157 Å². The fourth-order valence-corrected chi connectivity index (χ4v) is 2.17. The van der Waals surface area contributed by atoms with Gasteiger partial charge in [0, 0.05) is 12.6 Å². The third-order valence-corrected chi connectivity index (χ3v) is 3.47. The molecule has 0 aliphatic carbocycles. The summed E-state index contributed by atoms with van der Waals surface area (Å²) in [5.41, 5.74) is 0.913. The van der Waals surface area contributed by atoms with Crippen molar-refractivity contribution in [3.05, 3.63) is 59.7 Å². The minimum atomic E-state index is -0.779. The molecule has 2 aromatic carbocycles. The lowest BCUT2D eigenvalue weighted by atomic mass is 10.2. The van der Waals surface area contributed by atoms with Crippen molar-refractivity contribution < 1.29 is 23.0 Å². The first-order valence-electron chi connectivity index (χ1n) is 8.75. The summed E-state index contributed by atoms with van der Waals surface area (Å²) in [6, 6.07) is 10.2. The van der Waals surface area contributed by atoms with E-state index in [-0.39, 0.29) is 24.9 Å². The average Bonchev–Trinajstić information content (AvgIpc) is 2.63. The summed E-state index contributed by atoms with van der Waals surface area (Å²) in [6.07, 6.45) is 0. The molecule has 0 heterocycles. The number of urea groups is 1. The Bertz CT molecular complexity index is 754. The Morgan fingerprint density at radius 3 is 2.63 bits per heavy atom. The van der Waals surface area contributed by atoms with E-state index in [4.69, 9.17) is 9.47 Å². The zero-order valence-corrected chi connectivity index (χ0v) is 15.4. The Morgan fingerprint density at radius 1 is 1.07 bits per heavy atom. The quantitative estimate of drug-likeness (QED) is 0.651. The molecule has 0 saturated heterocycles. The van der Waals surface area contributed by atoms with E-state index in [1.165, 1.54) is 6.07 Å². The third-order valence-electron chi connectivity index (χ3n) is 3.47. The maximum absolute atomic E-state index is 13.4. The number of halogens is 2. The minimum absolute atomic E-state index is 0.0585. The third kappa shape index (κ3) is 7.52. The van der Waals surface area contributed by atoms with Crippen LogP contribution in [0.25, 0.3) is 0 Å². The normalized spacial score (nSPS) is 10.6. The van der Waals surface area contributed by atoms with Gasteiger partial charge < -0.3 is 20.1 Å². The Morgan fingerprint density at radius 2 is 1.89 bits per heavy atom. The van der Waals surface area contributed by atoms with Crippen molar-refractivity contribution in [3.8, 4) is 11.5 Å². The van der Waals surface area contributed by atoms with Gasteiger partial charge in [-0.15, -0.1) is 0 Å². The lowest BCUT2D eigenvalue weighted by molar-refractivity contribution is 0.235. The van der Waals surface area contributed by atoms with Gasteiger partial charge in [-0.3, -0.25) is 0 Å². The van der Waals surface area contributed by atoms with Gasteiger partial charge in [0.25, 0.3) is 0 Å². The van der Waals surface area contributed by atoms with Crippen LogP contribution in [0.5, 0.6) is 11.5 Å². The number of carbonyl (C=O) groups excluding carboxylic acids is 1. The second kappa shape index (κ2) is 10.4. The molecule has 0 aliphatic heterocycles. The van der Waals surface area contributed by atoms with Crippen molar-refractivity contribution in [2.45, 2.75) is 20.4 Å². The van der Waals surface area contributed by atoms with Crippen LogP contribution in [-0.2, 0) is 6.54 Å². The van der Waals surface area contributed by atoms with Crippen molar-refractivity contribution >= 4 is 6.03 Å². The Kier molecular flexibility index (Phi) is 7.85. The van der Waals surface area contributed by atoms with Gasteiger partial charge in [-0.25, -0.2) is 13.6 Å². The molecule has 0 bridgehead atoms. The molecule has 0 aromatic heterocycles. The number of ether oxygens (including phenoxy) is 2. The summed E-state index contributed by atoms with van der Waals surface area (Å²) in [5.74, 6) is -0.312. The maximum Gasteiger partial charge on any atom is 0.315 e. The first-order valence-corrected chi connectivity index (χ1v) is 8.75. The van der Waals surface area contributed by atoms with Gasteiger partial charge in [0.05, 0.1) is 13.2 Å². The maximum atomic E-state index is 13.4. The summed E-state index contributed by atoms with van der Waals surface area (Å²) in [7, 11) is 0. The summed E-state index contributed by atoms with van der Waals surface area (Å²) < 4.78 is 37.0. The molecule has 0 radical (unpaired) electrons. The zero-order chi connectivity index (χ0) is 19.6. The standard InChI is InChI=1S/C20H24F2N2O3/c1-14(2)13-27-17-5-3-4-15(10-17)12-24-20(25)23-8-9-26-19-7-6-16(21)11-18(19)22/h3-7,10-11,14H,8-9,12-13H2,1-2H3,(H2,23,24,25). The van der Waals surface area contributed by atoms with Crippen LogP contribution in [0.2, 0.25) is 0 Å². The number of benzene rings is 2. The first kappa shape index (κ1) is 20.5. The molecule has 5 nitrogen and oxygen atoms in total. The average molecular weight is 378 g/mol. The molecule has 2 aromatic rings. The summed E-state index contributed by atoms with van der Waals surface area (Å²) in [4.78, 5) is 11.8. The molecule has 7 heteroatoms. The first-order chi connectivity index (χ1) is 12.9. The molecule has 2 N–H and O–H groups in total. The largest absolute Gasteiger partial charge is 0.493 e. The van der Waals surface area contributed by atoms with Gasteiger partial charge >= 0.3 is 6.03 Å². The van der Waals surface area contributed by atoms with Gasteiger partial charge in [-0.2, -0.15) is 0 Å². The van der Waals surface area contributed by atoms with Crippen molar-refractivity contribution in [3.63, 3.8) is 0 Å². The van der Waals surface area contributed by atoms with Crippen LogP contribution in [0, 0.1) is 17.6 Å². The summed E-state index contributed by atoms with van der Waals surface area (Å²) in [6.45, 7) is 5.37. The lowest BCUT2D eigenvalue weighted by Crippen LogP contribution is -2.37. The highest BCUT2D eigenvalue weighted by Gasteiger charge is 2.06. The highest BCUT2D eigenvalue weighted by Crippen LogP contribution is 2.17. The smallest absolute Gasteiger partial charge is 0.315 e. The van der Waals surface area contributed by atoms with E-state index in [0.29, 0.717) is 19.1 Å². The van der Waals surface area contributed by atoms with Crippen LogP contribution < -0.4 is 20.1 Å². The zero-order valence-electron chi connectivity index (χ0n) is 15.4. The van der Waals surface area contributed by atoms with Gasteiger partial charge in [-0.1, -0.05) is 26.0 Å².